The Morgan fingerprint density at radius 3 is 3.00 bits per heavy atom. The largest absolute Gasteiger partial charge is 0.466 e. The van der Waals surface area contributed by atoms with Crippen LogP contribution in [-0.2, 0) is 4.79 Å². The highest BCUT2D eigenvalue weighted by Crippen LogP contribution is 1.94. The summed E-state index contributed by atoms with van der Waals surface area (Å²) in [4.78, 5) is 12.4. The van der Waals surface area contributed by atoms with E-state index in [1.54, 1.807) is 0 Å². The lowest BCUT2D eigenvalue weighted by molar-refractivity contribution is -0.840. The third kappa shape index (κ3) is 2.81. The predicted molar refractivity (Wildman–Crippen MR) is 47.5 cm³/mol. The Morgan fingerprint density at radius 1 is 1.75 bits per heavy atom. The molecule has 1 heterocycles. The number of rotatable bonds is 3. The van der Waals surface area contributed by atoms with Gasteiger partial charge >= 0.3 is 0 Å². The number of nitrogens with one attached hydrogen (secondary N) is 2. The number of amides is 1. The fourth-order valence-corrected chi connectivity index (χ4v) is 1.58. The Kier molecular flexibility index (Phi) is 3.53. The molecule has 1 fully saturated rings. The summed E-state index contributed by atoms with van der Waals surface area (Å²) in [5, 5.41) is 3.01. The van der Waals surface area contributed by atoms with Crippen molar-refractivity contribution in [1.82, 2.24) is 5.32 Å². The van der Waals surface area contributed by atoms with Crippen LogP contribution in [0.4, 0.5) is 0 Å². The fourth-order valence-electron chi connectivity index (χ4n) is 1.58. The quantitative estimate of drug-likeness (QED) is 0.542. The summed E-state index contributed by atoms with van der Waals surface area (Å²) in [5.74, 6) is 0.192. The van der Waals surface area contributed by atoms with E-state index in [9.17, 15) is 4.79 Å². The highest BCUT2D eigenvalue weighted by atomic mass is 16.1. The molecule has 1 amide bonds. The number of likely N-dealkylation sites (tertiary alicyclic amines) is 1. The van der Waals surface area contributed by atoms with Crippen molar-refractivity contribution in [2.45, 2.75) is 32.2 Å². The second-order valence-corrected chi connectivity index (χ2v) is 3.51. The van der Waals surface area contributed by atoms with Crippen molar-refractivity contribution >= 4 is 5.91 Å². The average Bonchev–Trinajstić information content (AvgIpc) is 2.36. The van der Waals surface area contributed by atoms with Crippen molar-refractivity contribution in [3.63, 3.8) is 0 Å². The summed E-state index contributed by atoms with van der Waals surface area (Å²) in [5.41, 5.74) is 0. The van der Waals surface area contributed by atoms with Gasteiger partial charge in [-0.15, -0.1) is 0 Å². The van der Waals surface area contributed by atoms with Crippen LogP contribution in [0.5, 0.6) is 0 Å². The van der Waals surface area contributed by atoms with Gasteiger partial charge in [-0.2, -0.15) is 7.05 Å². The number of hydrogen-bond acceptors (Lipinski definition) is 1. The molecule has 1 aliphatic rings. The first-order valence-corrected chi connectivity index (χ1v) is 4.68. The van der Waals surface area contributed by atoms with E-state index in [0.29, 0.717) is 12.5 Å². The van der Waals surface area contributed by atoms with Crippen LogP contribution in [0.1, 0.15) is 26.2 Å². The predicted octanol–water partition coefficient (Wildman–Crippen LogP) is -0.649. The average molecular weight is 170 g/mol. The highest BCUT2D eigenvalue weighted by Gasteiger charge is 2.20. The molecule has 0 bridgehead atoms. The van der Waals surface area contributed by atoms with Crippen LogP contribution in [0.25, 0.3) is 0 Å². The molecule has 0 aromatic carbocycles. The standard InChI is InChI=1S/C9H18N2O/c1-3-4-9(12)10-8-5-6-11(2)7-8/h8,11H,2-7H2,1H3,(H,10,12)/t8-/m0/s1. The first-order valence-electron chi connectivity index (χ1n) is 4.68. The minimum Gasteiger partial charge on any atom is -0.466 e. The van der Waals surface area contributed by atoms with E-state index in [2.05, 4.69) is 12.4 Å². The molecule has 2 N–H and O–H groups in total. The van der Waals surface area contributed by atoms with Crippen molar-refractivity contribution in [3.8, 4) is 0 Å². The van der Waals surface area contributed by atoms with Gasteiger partial charge in [0.2, 0.25) is 5.91 Å². The van der Waals surface area contributed by atoms with E-state index < -0.39 is 0 Å². The fraction of sp³-hybridized carbons (Fsp3) is 0.778. The molecule has 1 unspecified atom stereocenters. The van der Waals surface area contributed by atoms with Gasteiger partial charge < -0.3 is 10.2 Å². The molecule has 3 nitrogen and oxygen atoms in total. The van der Waals surface area contributed by atoms with E-state index in [-0.39, 0.29) is 5.91 Å². The molecule has 0 aromatic heterocycles. The van der Waals surface area contributed by atoms with Crippen molar-refractivity contribution in [1.29, 1.82) is 0 Å². The van der Waals surface area contributed by atoms with E-state index in [0.717, 1.165) is 25.9 Å². The van der Waals surface area contributed by atoms with Gasteiger partial charge in [0.05, 0.1) is 19.1 Å². The summed E-state index contributed by atoms with van der Waals surface area (Å²) in [6, 6.07) is 0.372. The maximum absolute atomic E-state index is 11.2. The second kappa shape index (κ2) is 4.45. The Morgan fingerprint density at radius 2 is 2.50 bits per heavy atom. The van der Waals surface area contributed by atoms with Gasteiger partial charge in [-0.25, -0.2) is 0 Å². The topological polar surface area (TPSA) is 33.5 Å². The molecule has 0 saturated carbocycles. The number of carbonyl (C=O) groups is 1. The zero-order valence-corrected chi connectivity index (χ0v) is 7.73. The molecule has 0 spiro atoms. The third-order valence-corrected chi connectivity index (χ3v) is 2.22. The van der Waals surface area contributed by atoms with E-state index in [1.807, 2.05) is 6.92 Å². The Labute approximate surface area is 74.1 Å². The molecule has 3 heteroatoms. The van der Waals surface area contributed by atoms with Crippen molar-refractivity contribution in [3.05, 3.63) is 7.05 Å². The number of quaternary nitrogens is 1. The van der Waals surface area contributed by atoms with Crippen LogP contribution >= 0.6 is 0 Å². The molecule has 1 aliphatic heterocycles. The second-order valence-electron chi connectivity index (χ2n) is 3.51. The highest BCUT2D eigenvalue weighted by molar-refractivity contribution is 5.76. The molecule has 1 rings (SSSR count). The normalized spacial score (nSPS) is 28.8. The van der Waals surface area contributed by atoms with Gasteiger partial charge in [-0.3, -0.25) is 4.79 Å². The molecule has 12 heavy (non-hydrogen) atoms. The van der Waals surface area contributed by atoms with E-state index in [1.165, 1.54) is 4.90 Å². The van der Waals surface area contributed by atoms with Crippen molar-refractivity contribution < 1.29 is 9.69 Å². The monoisotopic (exact) mass is 170 g/mol. The molecule has 1 saturated heterocycles. The van der Waals surface area contributed by atoms with Crippen LogP contribution in [-0.4, -0.2) is 25.0 Å². The number of carbonyl (C=O) groups excluding carboxylic acids is 1. The first-order chi connectivity index (χ1) is 5.72. The summed E-state index contributed by atoms with van der Waals surface area (Å²) in [6.07, 6.45) is 2.66. The number of hydrogen-bond donors (Lipinski definition) is 2. The molecular weight excluding hydrogens is 152 g/mol. The maximum Gasteiger partial charge on any atom is 0.220 e. The van der Waals surface area contributed by atoms with Gasteiger partial charge in [-0.05, 0) is 6.42 Å². The Bertz CT molecular complexity index is 159. The zero-order chi connectivity index (χ0) is 8.97. The van der Waals surface area contributed by atoms with Gasteiger partial charge in [-0.1, -0.05) is 6.92 Å². The summed E-state index contributed by atoms with van der Waals surface area (Å²) < 4.78 is 0. The van der Waals surface area contributed by atoms with Gasteiger partial charge in [0, 0.05) is 12.8 Å². The minimum absolute atomic E-state index is 0.192. The lowest BCUT2D eigenvalue weighted by atomic mass is 10.2. The summed E-state index contributed by atoms with van der Waals surface area (Å²) >= 11 is 0. The Balaban J connectivity index is 2.18. The van der Waals surface area contributed by atoms with Crippen LogP contribution < -0.4 is 10.2 Å². The molecule has 0 aromatic rings. The van der Waals surface area contributed by atoms with Crippen LogP contribution in [0.2, 0.25) is 0 Å². The zero-order valence-electron chi connectivity index (χ0n) is 7.73. The first kappa shape index (κ1) is 9.52. The van der Waals surface area contributed by atoms with Crippen molar-refractivity contribution in [2.24, 2.45) is 0 Å². The smallest absolute Gasteiger partial charge is 0.220 e. The van der Waals surface area contributed by atoms with E-state index >= 15 is 0 Å². The van der Waals surface area contributed by atoms with E-state index in [4.69, 9.17) is 0 Å². The van der Waals surface area contributed by atoms with Crippen LogP contribution in [0, 0.1) is 7.05 Å². The molecular formula is C9H18N2O. The van der Waals surface area contributed by atoms with Crippen molar-refractivity contribution in [2.75, 3.05) is 13.1 Å². The molecule has 2 atom stereocenters. The Hall–Kier alpha value is -0.570. The molecule has 70 valence electrons. The summed E-state index contributed by atoms with van der Waals surface area (Å²) in [6.45, 7) is 4.08. The third-order valence-electron chi connectivity index (χ3n) is 2.22. The van der Waals surface area contributed by atoms with Crippen LogP contribution in [0.15, 0.2) is 0 Å². The molecule has 0 aliphatic carbocycles. The molecule has 0 radical (unpaired) electrons. The lowest BCUT2D eigenvalue weighted by Gasteiger charge is -2.13. The van der Waals surface area contributed by atoms with Gasteiger partial charge in [0.25, 0.3) is 0 Å². The lowest BCUT2D eigenvalue weighted by Crippen LogP contribution is -3.05. The SMILES string of the molecule is [CH2-][NH+]1CC[C@H](NC(=O)CCC)C1. The minimum atomic E-state index is 0.192. The summed E-state index contributed by atoms with van der Waals surface area (Å²) in [7, 11) is 3.91. The van der Waals surface area contributed by atoms with Gasteiger partial charge in [0.1, 0.15) is 0 Å². The van der Waals surface area contributed by atoms with Crippen LogP contribution in [0.3, 0.4) is 0 Å². The maximum atomic E-state index is 11.2. The van der Waals surface area contributed by atoms with Gasteiger partial charge in [0.15, 0.2) is 0 Å².